The Morgan fingerprint density at radius 3 is 2.36 bits per heavy atom. The Balaban J connectivity index is 2.35. The summed E-state index contributed by atoms with van der Waals surface area (Å²) in [6, 6.07) is 0.584. The van der Waals surface area contributed by atoms with E-state index in [1.807, 2.05) is 0 Å². The summed E-state index contributed by atoms with van der Waals surface area (Å²) in [6.07, 6.45) is 4.95. The zero-order chi connectivity index (χ0) is 10.6. The second kappa shape index (κ2) is 5.09. The van der Waals surface area contributed by atoms with Gasteiger partial charge in [-0.15, -0.1) is 0 Å². The van der Waals surface area contributed by atoms with Crippen molar-refractivity contribution in [2.24, 2.45) is 5.73 Å². The van der Waals surface area contributed by atoms with Gasteiger partial charge in [0.1, 0.15) is 9.84 Å². The minimum absolute atomic E-state index is 0.253. The van der Waals surface area contributed by atoms with Gasteiger partial charge in [-0.2, -0.15) is 0 Å². The van der Waals surface area contributed by atoms with E-state index in [2.05, 4.69) is 4.90 Å². The van der Waals surface area contributed by atoms with Crippen LogP contribution in [0, 0.1) is 0 Å². The monoisotopic (exact) mass is 220 g/mol. The second-order valence-electron chi connectivity index (χ2n) is 4.04. The van der Waals surface area contributed by atoms with Gasteiger partial charge in [0.15, 0.2) is 0 Å². The van der Waals surface area contributed by atoms with Gasteiger partial charge in [0.25, 0.3) is 0 Å². The van der Waals surface area contributed by atoms with Crippen LogP contribution in [-0.4, -0.2) is 51.0 Å². The fourth-order valence-corrected chi connectivity index (χ4v) is 2.24. The number of sulfone groups is 1. The molecule has 0 aromatic heterocycles. The van der Waals surface area contributed by atoms with Crippen LogP contribution < -0.4 is 5.73 Å². The van der Waals surface area contributed by atoms with Crippen LogP contribution in [0.25, 0.3) is 0 Å². The Morgan fingerprint density at radius 1 is 1.36 bits per heavy atom. The van der Waals surface area contributed by atoms with Crippen molar-refractivity contribution in [2.75, 3.05) is 31.6 Å². The summed E-state index contributed by atoms with van der Waals surface area (Å²) in [4.78, 5) is 2.21. The van der Waals surface area contributed by atoms with Crippen LogP contribution in [0.15, 0.2) is 0 Å². The third kappa shape index (κ3) is 3.94. The number of rotatable bonds is 6. The van der Waals surface area contributed by atoms with E-state index in [9.17, 15) is 8.42 Å². The van der Waals surface area contributed by atoms with Gasteiger partial charge in [0.2, 0.25) is 0 Å². The maximum Gasteiger partial charge on any atom is 0.148 e. The average Bonchev–Trinajstić information content (AvgIpc) is 1.95. The summed E-state index contributed by atoms with van der Waals surface area (Å²) in [6.45, 7) is 2.07. The van der Waals surface area contributed by atoms with Crippen LogP contribution in [0.5, 0.6) is 0 Å². The van der Waals surface area contributed by atoms with Gasteiger partial charge in [-0.1, -0.05) is 6.42 Å². The van der Waals surface area contributed by atoms with E-state index in [1.165, 1.54) is 25.5 Å². The van der Waals surface area contributed by atoms with Gasteiger partial charge >= 0.3 is 0 Å². The molecule has 0 atom stereocenters. The molecule has 0 heterocycles. The summed E-state index contributed by atoms with van der Waals surface area (Å²) >= 11 is 0. The molecule has 1 saturated carbocycles. The summed E-state index contributed by atoms with van der Waals surface area (Å²) in [5.41, 5.74) is 5.49. The van der Waals surface area contributed by atoms with E-state index in [4.69, 9.17) is 5.73 Å². The van der Waals surface area contributed by atoms with Gasteiger partial charge in [-0.25, -0.2) is 8.42 Å². The van der Waals surface area contributed by atoms with E-state index in [-0.39, 0.29) is 5.75 Å². The maximum absolute atomic E-state index is 11.0. The van der Waals surface area contributed by atoms with Gasteiger partial charge in [0.05, 0.1) is 5.75 Å². The lowest BCUT2D eigenvalue weighted by molar-refractivity contribution is 0.139. The van der Waals surface area contributed by atoms with Crippen LogP contribution in [-0.2, 0) is 9.84 Å². The van der Waals surface area contributed by atoms with Crippen molar-refractivity contribution in [3.8, 4) is 0 Å². The van der Waals surface area contributed by atoms with E-state index < -0.39 is 9.84 Å². The Kier molecular flexibility index (Phi) is 4.34. The van der Waals surface area contributed by atoms with E-state index in [1.54, 1.807) is 0 Å². The van der Waals surface area contributed by atoms with Crippen molar-refractivity contribution >= 4 is 9.84 Å². The number of nitrogens with zero attached hydrogens (tertiary/aromatic N) is 1. The van der Waals surface area contributed by atoms with Crippen LogP contribution in [0.1, 0.15) is 19.3 Å². The molecule has 14 heavy (non-hydrogen) atoms. The molecule has 84 valence electrons. The third-order valence-corrected chi connectivity index (χ3v) is 3.68. The zero-order valence-corrected chi connectivity index (χ0v) is 9.59. The number of hydrogen-bond donors (Lipinski definition) is 1. The lowest BCUT2D eigenvalue weighted by Crippen LogP contribution is -2.44. The first-order valence-corrected chi connectivity index (χ1v) is 7.21. The Hall–Kier alpha value is -0.130. The van der Waals surface area contributed by atoms with Crippen molar-refractivity contribution in [3.63, 3.8) is 0 Å². The van der Waals surface area contributed by atoms with Crippen molar-refractivity contribution in [3.05, 3.63) is 0 Å². The Morgan fingerprint density at radius 2 is 2.00 bits per heavy atom. The highest BCUT2D eigenvalue weighted by Crippen LogP contribution is 2.24. The predicted molar refractivity (Wildman–Crippen MR) is 58.0 cm³/mol. The van der Waals surface area contributed by atoms with Gasteiger partial charge in [-0.3, -0.25) is 4.90 Å². The van der Waals surface area contributed by atoms with E-state index in [0.29, 0.717) is 19.1 Å². The number of hydrogen-bond acceptors (Lipinski definition) is 4. The average molecular weight is 220 g/mol. The smallest absolute Gasteiger partial charge is 0.148 e. The molecule has 5 heteroatoms. The second-order valence-corrected chi connectivity index (χ2v) is 6.30. The Bertz CT molecular complexity index is 260. The van der Waals surface area contributed by atoms with Crippen LogP contribution in [0.4, 0.5) is 0 Å². The minimum atomic E-state index is -2.84. The molecule has 1 aliphatic carbocycles. The molecule has 2 N–H and O–H groups in total. The minimum Gasteiger partial charge on any atom is -0.329 e. The molecule has 1 aliphatic rings. The molecule has 4 nitrogen and oxygen atoms in total. The maximum atomic E-state index is 11.0. The highest BCUT2D eigenvalue weighted by atomic mass is 32.2. The number of nitrogens with two attached hydrogens (primary N) is 1. The van der Waals surface area contributed by atoms with Gasteiger partial charge in [-0.05, 0) is 12.8 Å². The molecular weight excluding hydrogens is 200 g/mol. The molecule has 0 amide bonds. The lowest BCUT2D eigenvalue weighted by Gasteiger charge is -2.37. The summed E-state index contributed by atoms with van der Waals surface area (Å²) in [5.74, 6) is 0.253. The standard InChI is InChI=1S/C9H20N2O2S/c1-14(12,13)8-7-11(6-5-10)9-3-2-4-9/h9H,2-8,10H2,1H3. The molecule has 0 bridgehead atoms. The van der Waals surface area contributed by atoms with Crippen LogP contribution in [0.2, 0.25) is 0 Å². The van der Waals surface area contributed by atoms with Gasteiger partial charge < -0.3 is 5.73 Å². The first-order valence-electron chi connectivity index (χ1n) is 5.15. The van der Waals surface area contributed by atoms with Crippen LogP contribution in [0.3, 0.4) is 0 Å². The SMILES string of the molecule is CS(=O)(=O)CCN(CCN)C1CCC1. The van der Waals surface area contributed by atoms with Crippen molar-refractivity contribution in [2.45, 2.75) is 25.3 Å². The first kappa shape index (κ1) is 11.9. The molecule has 1 rings (SSSR count). The van der Waals surface area contributed by atoms with Crippen molar-refractivity contribution in [1.82, 2.24) is 4.90 Å². The molecule has 0 unspecified atom stereocenters. The quantitative estimate of drug-likeness (QED) is 0.676. The molecule has 1 fully saturated rings. The molecular formula is C9H20N2O2S. The molecule has 0 aliphatic heterocycles. The van der Waals surface area contributed by atoms with E-state index >= 15 is 0 Å². The topological polar surface area (TPSA) is 63.4 Å². The molecule has 0 aromatic carbocycles. The summed E-state index contributed by atoms with van der Waals surface area (Å²) in [7, 11) is -2.84. The van der Waals surface area contributed by atoms with Gasteiger partial charge in [0, 0.05) is 31.9 Å². The molecule has 0 radical (unpaired) electrons. The van der Waals surface area contributed by atoms with E-state index in [0.717, 1.165) is 6.54 Å². The predicted octanol–water partition coefficient (Wildman–Crippen LogP) is -0.156. The molecule has 0 spiro atoms. The van der Waals surface area contributed by atoms with Crippen molar-refractivity contribution < 1.29 is 8.42 Å². The Labute approximate surface area is 86.4 Å². The summed E-state index contributed by atoms with van der Waals surface area (Å²) in [5, 5.41) is 0. The lowest BCUT2D eigenvalue weighted by atomic mass is 9.91. The molecule has 0 aromatic rings. The van der Waals surface area contributed by atoms with Crippen LogP contribution >= 0.6 is 0 Å². The zero-order valence-electron chi connectivity index (χ0n) is 8.78. The fourth-order valence-electron chi connectivity index (χ4n) is 1.68. The highest BCUT2D eigenvalue weighted by molar-refractivity contribution is 7.90. The summed E-state index contributed by atoms with van der Waals surface area (Å²) < 4.78 is 22.0. The highest BCUT2D eigenvalue weighted by Gasteiger charge is 2.24. The largest absolute Gasteiger partial charge is 0.329 e. The molecule has 0 saturated heterocycles. The normalized spacial score (nSPS) is 18.5. The first-order chi connectivity index (χ1) is 6.53. The third-order valence-electron chi connectivity index (χ3n) is 2.76. The van der Waals surface area contributed by atoms with Crippen molar-refractivity contribution in [1.29, 1.82) is 0 Å². The fraction of sp³-hybridized carbons (Fsp3) is 1.00.